The van der Waals surface area contributed by atoms with E-state index in [2.05, 4.69) is 19.2 Å². The number of nitrogens with one attached hydrogen (secondary N) is 1. The molecule has 0 aliphatic rings. The van der Waals surface area contributed by atoms with Crippen molar-refractivity contribution >= 4 is 0 Å². The Balaban J connectivity index is 2.76. The van der Waals surface area contributed by atoms with Gasteiger partial charge < -0.3 is 19.9 Å². The highest BCUT2D eigenvalue weighted by Gasteiger charge is 2.19. The summed E-state index contributed by atoms with van der Waals surface area (Å²) in [7, 11) is 1.64. The second-order valence-corrected chi connectivity index (χ2v) is 6.14. The molecule has 2 N–H and O–H groups in total. The molecule has 0 amide bonds. The summed E-state index contributed by atoms with van der Waals surface area (Å²) in [4.78, 5) is 0. The molecule has 0 spiro atoms. The molecule has 0 bridgehead atoms. The van der Waals surface area contributed by atoms with Crippen molar-refractivity contribution in [2.24, 2.45) is 5.92 Å². The molecule has 1 aromatic carbocycles. The van der Waals surface area contributed by atoms with Gasteiger partial charge in [0.05, 0.1) is 12.7 Å². The van der Waals surface area contributed by atoms with Crippen molar-refractivity contribution in [1.29, 1.82) is 0 Å². The van der Waals surface area contributed by atoms with Crippen molar-refractivity contribution < 1.29 is 14.6 Å². The topological polar surface area (TPSA) is 50.7 Å². The van der Waals surface area contributed by atoms with Gasteiger partial charge in [-0.05, 0) is 31.9 Å². The van der Waals surface area contributed by atoms with E-state index in [0.717, 1.165) is 30.2 Å². The highest BCUT2D eigenvalue weighted by molar-refractivity contribution is 5.40. The first kappa shape index (κ1) is 17.8. The first-order chi connectivity index (χ1) is 9.88. The van der Waals surface area contributed by atoms with Gasteiger partial charge in [0.1, 0.15) is 18.1 Å². The van der Waals surface area contributed by atoms with E-state index in [1.807, 2.05) is 25.1 Å². The maximum atomic E-state index is 10.1. The number of ether oxygens (including phenoxy) is 2. The molecule has 0 radical (unpaired) electrons. The van der Waals surface area contributed by atoms with E-state index in [-0.39, 0.29) is 6.61 Å². The van der Waals surface area contributed by atoms with Crippen LogP contribution in [0.4, 0.5) is 0 Å². The predicted molar refractivity (Wildman–Crippen MR) is 85.9 cm³/mol. The molecule has 1 rings (SSSR count). The Labute approximate surface area is 128 Å². The second-order valence-electron chi connectivity index (χ2n) is 6.14. The number of aliphatic hydroxyl groups is 1. The van der Waals surface area contributed by atoms with Crippen molar-refractivity contribution in [2.75, 3.05) is 20.3 Å². The molecule has 4 nitrogen and oxygen atoms in total. The van der Waals surface area contributed by atoms with Crippen LogP contribution in [0.15, 0.2) is 18.2 Å². The van der Waals surface area contributed by atoms with Crippen LogP contribution in [-0.4, -0.2) is 31.0 Å². The van der Waals surface area contributed by atoms with Crippen LogP contribution in [0.2, 0.25) is 0 Å². The number of methoxy groups -OCH3 is 1. The van der Waals surface area contributed by atoms with E-state index in [1.165, 1.54) is 0 Å². The van der Waals surface area contributed by atoms with Crippen LogP contribution in [-0.2, 0) is 6.54 Å². The molecule has 1 aromatic rings. The quantitative estimate of drug-likeness (QED) is 0.735. The van der Waals surface area contributed by atoms with Gasteiger partial charge in [-0.3, -0.25) is 0 Å². The van der Waals surface area contributed by atoms with E-state index in [9.17, 15) is 5.11 Å². The van der Waals surface area contributed by atoms with E-state index >= 15 is 0 Å². The van der Waals surface area contributed by atoms with E-state index in [1.54, 1.807) is 14.0 Å². The van der Waals surface area contributed by atoms with Crippen LogP contribution >= 0.6 is 0 Å². The zero-order valence-corrected chi connectivity index (χ0v) is 13.9. The maximum absolute atomic E-state index is 10.1. The van der Waals surface area contributed by atoms with Gasteiger partial charge >= 0.3 is 0 Å². The average molecular weight is 295 g/mol. The van der Waals surface area contributed by atoms with Gasteiger partial charge in [0.2, 0.25) is 0 Å². The Morgan fingerprint density at radius 3 is 2.62 bits per heavy atom. The van der Waals surface area contributed by atoms with Crippen LogP contribution in [0.1, 0.15) is 39.7 Å². The van der Waals surface area contributed by atoms with Gasteiger partial charge in [0.25, 0.3) is 0 Å². The molecule has 1 atom stereocenters. The average Bonchev–Trinajstić information content (AvgIpc) is 2.45. The van der Waals surface area contributed by atoms with E-state index in [4.69, 9.17) is 9.47 Å². The zero-order valence-electron chi connectivity index (χ0n) is 13.9. The van der Waals surface area contributed by atoms with Crippen LogP contribution in [0.5, 0.6) is 11.5 Å². The Hall–Kier alpha value is -1.26. The number of hydrogen-bond donors (Lipinski definition) is 2. The zero-order chi connectivity index (χ0) is 15.9. The molecule has 1 unspecified atom stereocenters. The van der Waals surface area contributed by atoms with Crippen molar-refractivity contribution in [1.82, 2.24) is 5.32 Å². The molecule has 0 saturated carbocycles. The Morgan fingerprint density at radius 1 is 1.33 bits per heavy atom. The van der Waals surface area contributed by atoms with Gasteiger partial charge in [-0.15, -0.1) is 0 Å². The summed E-state index contributed by atoms with van der Waals surface area (Å²) in [5.74, 6) is 2.13. The van der Waals surface area contributed by atoms with Crippen LogP contribution in [0.25, 0.3) is 0 Å². The summed E-state index contributed by atoms with van der Waals surface area (Å²) in [6.07, 6.45) is 0.651. The molecule has 0 fully saturated rings. The molecule has 0 aliphatic heterocycles. The lowest BCUT2D eigenvalue weighted by molar-refractivity contribution is 0.00809. The minimum Gasteiger partial charge on any atom is -0.497 e. The summed E-state index contributed by atoms with van der Waals surface area (Å²) in [5, 5.41) is 13.5. The van der Waals surface area contributed by atoms with Crippen LogP contribution in [0.3, 0.4) is 0 Å². The molecular weight excluding hydrogens is 266 g/mol. The summed E-state index contributed by atoms with van der Waals surface area (Å²) in [6.45, 7) is 10.1. The Bertz CT molecular complexity index is 430. The van der Waals surface area contributed by atoms with Gasteiger partial charge in [0.15, 0.2) is 0 Å². The van der Waals surface area contributed by atoms with E-state index < -0.39 is 5.60 Å². The highest BCUT2D eigenvalue weighted by Crippen LogP contribution is 2.26. The fraction of sp³-hybridized carbons (Fsp3) is 0.647. The third-order valence-corrected chi connectivity index (χ3v) is 3.44. The van der Waals surface area contributed by atoms with Crippen molar-refractivity contribution in [3.8, 4) is 11.5 Å². The first-order valence-corrected chi connectivity index (χ1v) is 7.60. The summed E-state index contributed by atoms with van der Waals surface area (Å²) in [5.41, 5.74) is 0.259. The molecule has 21 heavy (non-hydrogen) atoms. The predicted octanol–water partition coefficient (Wildman–Crippen LogP) is 2.98. The van der Waals surface area contributed by atoms with Crippen molar-refractivity contribution in [3.05, 3.63) is 23.8 Å². The van der Waals surface area contributed by atoms with Gasteiger partial charge in [-0.1, -0.05) is 26.8 Å². The van der Waals surface area contributed by atoms with Gasteiger partial charge in [-0.2, -0.15) is 0 Å². The molecule has 120 valence electrons. The molecule has 0 aromatic heterocycles. The summed E-state index contributed by atoms with van der Waals surface area (Å²) >= 11 is 0. The number of rotatable bonds is 9. The smallest absolute Gasteiger partial charge is 0.127 e. The maximum Gasteiger partial charge on any atom is 0.127 e. The minimum atomic E-state index is -0.814. The van der Waals surface area contributed by atoms with Crippen LogP contribution < -0.4 is 14.8 Å². The largest absolute Gasteiger partial charge is 0.497 e. The minimum absolute atomic E-state index is 0.272. The standard InChI is InChI=1S/C17H29NO3/c1-6-17(4,19)12-21-16-9-15(20-5)8-7-14(16)11-18-10-13(2)3/h7-9,13,18-19H,6,10-12H2,1-5H3. The lowest BCUT2D eigenvalue weighted by Crippen LogP contribution is -2.31. The normalized spacial score (nSPS) is 14.0. The third kappa shape index (κ3) is 6.36. The number of benzene rings is 1. The SMILES string of the molecule is CCC(C)(O)COc1cc(OC)ccc1CNCC(C)C. The monoisotopic (exact) mass is 295 g/mol. The Morgan fingerprint density at radius 2 is 2.05 bits per heavy atom. The third-order valence-electron chi connectivity index (χ3n) is 3.44. The highest BCUT2D eigenvalue weighted by atomic mass is 16.5. The fourth-order valence-electron chi connectivity index (χ4n) is 1.77. The second kappa shape index (κ2) is 8.25. The summed E-state index contributed by atoms with van der Waals surface area (Å²) in [6, 6.07) is 5.80. The van der Waals surface area contributed by atoms with Gasteiger partial charge in [0, 0.05) is 18.2 Å². The molecule has 0 aliphatic carbocycles. The first-order valence-electron chi connectivity index (χ1n) is 7.60. The van der Waals surface area contributed by atoms with Crippen LogP contribution in [0, 0.1) is 5.92 Å². The molecular formula is C17H29NO3. The molecule has 0 saturated heterocycles. The summed E-state index contributed by atoms with van der Waals surface area (Å²) < 4.78 is 11.1. The fourth-order valence-corrected chi connectivity index (χ4v) is 1.77. The van der Waals surface area contributed by atoms with Gasteiger partial charge in [-0.25, -0.2) is 0 Å². The lowest BCUT2D eigenvalue weighted by Gasteiger charge is -2.23. The lowest BCUT2D eigenvalue weighted by atomic mass is 10.1. The molecule has 0 heterocycles. The van der Waals surface area contributed by atoms with Crippen molar-refractivity contribution in [2.45, 2.75) is 46.3 Å². The van der Waals surface area contributed by atoms with E-state index in [0.29, 0.717) is 12.3 Å². The number of hydrogen-bond acceptors (Lipinski definition) is 4. The van der Waals surface area contributed by atoms with Crippen molar-refractivity contribution in [3.63, 3.8) is 0 Å². The molecule has 4 heteroatoms. The Kier molecular flexibility index (Phi) is 6.99.